The van der Waals surface area contributed by atoms with Gasteiger partial charge in [-0.25, -0.2) is 4.98 Å². The number of aromatic nitrogens is 1. The van der Waals surface area contributed by atoms with Crippen molar-refractivity contribution in [3.05, 3.63) is 33.3 Å². The zero-order valence-corrected chi connectivity index (χ0v) is 21.9. The van der Waals surface area contributed by atoms with Crippen molar-refractivity contribution in [3.63, 3.8) is 0 Å². The second-order valence-corrected chi connectivity index (χ2v) is 15.8. The molecule has 3 nitrogen and oxygen atoms in total. The van der Waals surface area contributed by atoms with Gasteiger partial charge in [-0.3, -0.25) is 0 Å². The molecule has 5 heteroatoms. The Labute approximate surface area is 184 Å². The van der Waals surface area contributed by atoms with Crippen LogP contribution in [0.25, 0.3) is 6.08 Å². The fraction of sp³-hybridized carbons (Fsp3) is 0.708. The number of aliphatic hydroxyl groups excluding tert-OH is 1. The van der Waals surface area contributed by atoms with E-state index in [1.807, 2.05) is 6.92 Å². The molecule has 0 aliphatic carbocycles. The highest BCUT2D eigenvalue weighted by Crippen LogP contribution is 2.38. The summed E-state index contributed by atoms with van der Waals surface area (Å²) in [6.07, 6.45) is 8.82. The number of aryl methyl sites for hydroxylation is 1. The highest BCUT2D eigenvalue weighted by Gasteiger charge is 2.39. The van der Waals surface area contributed by atoms with Crippen molar-refractivity contribution in [2.75, 3.05) is 6.61 Å². The molecule has 1 rings (SSSR count). The molecule has 29 heavy (non-hydrogen) atoms. The fourth-order valence-electron chi connectivity index (χ4n) is 2.86. The SMILES string of the molecule is CC(=CC[C@H](O[Si](C)(C)C(C)(C)C)/C(C)=C/c1csc(C)n1)CCC[C@H](C)CO. The highest BCUT2D eigenvalue weighted by molar-refractivity contribution is 7.09. The van der Waals surface area contributed by atoms with Crippen molar-refractivity contribution in [2.45, 2.75) is 98.4 Å². The number of hydrogen-bond donors (Lipinski definition) is 1. The van der Waals surface area contributed by atoms with Gasteiger partial charge < -0.3 is 9.53 Å². The summed E-state index contributed by atoms with van der Waals surface area (Å²) in [6, 6.07) is 0. The Morgan fingerprint density at radius 1 is 1.31 bits per heavy atom. The van der Waals surface area contributed by atoms with Gasteiger partial charge in [0.1, 0.15) is 0 Å². The van der Waals surface area contributed by atoms with Crippen LogP contribution in [-0.4, -0.2) is 31.1 Å². The van der Waals surface area contributed by atoms with Gasteiger partial charge in [-0.05, 0) is 82.2 Å². The summed E-state index contributed by atoms with van der Waals surface area (Å²) >= 11 is 1.69. The molecule has 0 radical (unpaired) electrons. The summed E-state index contributed by atoms with van der Waals surface area (Å²) in [7, 11) is -1.88. The Hall–Kier alpha value is -0.753. The molecule has 0 amide bonds. The van der Waals surface area contributed by atoms with Gasteiger partial charge in [0.15, 0.2) is 8.32 Å². The largest absolute Gasteiger partial charge is 0.410 e. The lowest BCUT2D eigenvalue weighted by atomic mass is 10.0. The van der Waals surface area contributed by atoms with E-state index in [1.165, 1.54) is 11.1 Å². The van der Waals surface area contributed by atoms with E-state index in [0.717, 1.165) is 36.4 Å². The van der Waals surface area contributed by atoms with E-state index >= 15 is 0 Å². The molecule has 0 unspecified atom stereocenters. The second kappa shape index (κ2) is 11.6. The van der Waals surface area contributed by atoms with E-state index in [1.54, 1.807) is 11.3 Å². The van der Waals surface area contributed by atoms with Crippen molar-refractivity contribution in [3.8, 4) is 0 Å². The fourth-order valence-corrected chi connectivity index (χ4v) is 4.78. The third-order valence-electron chi connectivity index (χ3n) is 6.02. The zero-order chi connectivity index (χ0) is 22.2. The maximum Gasteiger partial charge on any atom is 0.192 e. The number of nitrogens with zero attached hydrogens (tertiary/aromatic N) is 1. The quantitative estimate of drug-likeness (QED) is 0.290. The van der Waals surface area contributed by atoms with Crippen LogP contribution in [0.15, 0.2) is 22.6 Å². The van der Waals surface area contributed by atoms with Gasteiger partial charge in [0, 0.05) is 12.0 Å². The summed E-state index contributed by atoms with van der Waals surface area (Å²) < 4.78 is 6.82. The van der Waals surface area contributed by atoms with E-state index in [-0.39, 0.29) is 17.7 Å². The third-order valence-corrected chi connectivity index (χ3v) is 11.3. The molecule has 0 aliphatic heterocycles. The van der Waals surface area contributed by atoms with Crippen LogP contribution in [-0.2, 0) is 4.43 Å². The lowest BCUT2D eigenvalue weighted by Crippen LogP contribution is -2.44. The first kappa shape index (κ1) is 26.3. The van der Waals surface area contributed by atoms with Crippen molar-refractivity contribution >= 4 is 25.7 Å². The Morgan fingerprint density at radius 2 is 1.97 bits per heavy atom. The van der Waals surface area contributed by atoms with Crippen LogP contribution < -0.4 is 0 Å². The smallest absolute Gasteiger partial charge is 0.192 e. The van der Waals surface area contributed by atoms with E-state index in [2.05, 4.69) is 77.2 Å². The summed E-state index contributed by atoms with van der Waals surface area (Å²) in [5.74, 6) is 0.393. The predicted octanol–water partition coefficient (Wildman–Crippen LogP) is 7.38. The van der Waals surface area contributed by atoms with Crippen molar-refractivity contribution in [1.29, 1.82) is 0 Å². The summed E-state index contributed by atoms with van der Waals surface area (Å²) in [6.45, 7) is 20.4. The second-order valence-electron chi connectivity index (χ2n) is 10.0. The molecule has 1 aromatic rings. The molecule has 0 spiro atoms. The summed E-state index contributed by atoms with van der Waals surface area (Å²) in [5, 5.41) is 12.6. The van der Waals surface area contributed by atoms with Crippen LogP contribution in [0.3, 0.4) is 0 Å². The molecule has 1 N–H and O–H groups in total. The molecular formula is C24H43NO2SSi. The molecule has 0 aliphatic rings. The first-order chi connectivity index (χ1) is 13.4. The van der Waals surface area contributed by atoms with Gasteiger partial charge >= 0.3 is 0 Å². The Balaban J connectivity index is 2.92. The number of aliphatic hydroxyl groups is 1. The van der Waals surface area contributed by atoms with E-state index in [0.29, 0.717) is 5.92 Å². The Bertz CT molecular complexity index is 685. The minimum atomic E-state index is -1.88. The van der Waals surface area contributed by atoms with Crippen LogP contribution in [0.5, 0.6) is 0 Å². The third kappa shape index (κ3) is 9.29. The molecule has 0 aromatic carbocycles. The van der Waals surface area contributed by atoms with E-state index in [9.17, 15) is 5.11 Å². The van der Waals surface area contributed by atoms with Crippen LogP contribution in [0.1, 0.15) is 77.9 Å². The van der Waals surface area contributed by atoms with Gasteiger partial charge in [-0.2, -0.15) is 0 Å². The monoisotopic (exact) mass is 437 g/mol. The lowest BCUT2D eigenvalue weighted by molar-refractivity contribution is 0.217. The van der Waals surface area contributed by atoms with Gasteiger partial charge in [-0.15, -0.1) is 11.3 Å². The van der Waals surface area contributed by atoms with E-state index in [4.69, 9.17) is 4.43 Å². The Morgan fingerprint density at radius 3 is 2.48 bits per heavy atom. The summed E-state index contributed by atoms with van der Waals surface area (Å²) in [4.78, 5) is 4.60. The van der Waals surface area contributed by atoms with Crippen LogP contribution >= 0.6 is 11.3 Å². The number of hydrogen-bond acceptors (Lipinski definition) is 4. The van der Waals surface area contributed by atoms with Gasteiger partial charge in [0.2, 0.25) is 0 Å². The highest BCUT2D eigenvalue weighted by atomic mass is 32.1. The maximum atomic E-state index is 9.20. The molecular weight excluding hydrogens is 394 g/mol. The maximum absolute atomic E-state index is 9.20. The van der Waals surface area contributed by atoms with Crippen LogP contribution in [0, 0.1) is 12.8 Å². The number of thiazole rings is 1. The molecule has 1 aromatic heterocycles. The lowest BCUT2D eigenvalue weighted by Gasteiger charge is -2.39. The molecule has 1 heterocycles. The topological polar surface area (TPSA) is 42.4 Å². The van der Waals surface area contributed by atoms with Crippen LogP contribution in [0.2, 0.25) is 18.1 Å². The minimum Gasteiger partial charge on any atom is -0.410 e. The predicted molar refractivity (Wildman–Crippen MR) is 131 cm³/mol. The molecule has 0 fully saturated rings. The first-order valence-electron chi connectivity index (χ1n) is 10.9. The number of rotatable bonds is 11. The van der Waals surface area contributed by atoms with Crippen molar-refractivity contribution in [2.24, 2.45) is 5.92 Å². The van der Waals surface area contributed by atoms with Crippen molar-refractivity contribution < 1.29 is 9.53 Å². The average Bonchev–Trinajstić information content (AvgIpc) is 3.01. The van der Waals surface area contributed by atoms with Crippen molar-refractivity contribution in [1.82, 2.24) is 4.98 Å². The zero-order valence-electron chi connectivity index (χ0n) is 20.1. The van der Waals surface area contributed by atoms with Gasteiger partial charge in [-0.1, -0.05) is 39.3 Å². The standard InChI is InChI=1S/C24H43NO2SSi/c1-18(11-10-12-19(2)16-26)13-14-23(27-29(8,9)24(5,6)7)20(3)15-22-17-28-21(4)25-22/h13,15,17,19,23,26H,10-12,14,16H2,1-9H3/b18-13?,20-15+/t19-,23-/m0/s1. The van der Waals surface area contributed by atoms with Crippen LogP contribution in [0.4, 0.5) is 0 Å². The molecule has 0 bridgehead atoms. The average molecular weight is 438 g/mol. The molecule has 0 saturated heterocycles. The molecule has 166 valence electrons. The Kier molecular flexibility index (Phi) is 10.5. The normalized spacial score (nSPS) is 16.2. The minimum absolute atomic E-state index is 0.0872. The first-order valence-corrected chi connectivity index (χ1v) is 14.7. The molecule has 0 saturated carbocycles. The number of allylic oxidation sites excluding steroid dienone is 1. The van der Waals surface area contributed by atoms with Gasteiger partial charge in [0.25, 0.3) is 0 Å². The van der Waals surface area contributed by atoms with E-state index < -0.39 is 8.32 Å². The van der Waals surface area contributed by atoms with Gasteiger partial charge in [0.05, 0.1) is 16.8 Å². The summed E-state index contributed by atoms with van der Waals surface area (Å²) in [5.41, 5.74) is 3.70. The molecule has 2 atom stereocenters.